The van der Waals surface area contributed by atoms with Crippen LogP contribution in [0.2, 0.25) is 0 Å². The van der Waals surface area contributed by atoms with Crippen LogP contribution in [0.5, 0.6) is 0 Å². The van der Waals surface area contributed by atoms with Crippen LogP contribution < -0.4 is 0 Å². The second-order valence-corrected chi connectivity index (χ2v) is 8.80. The van der Waals surface area contributed by atoms with E-state index in [1.54, 1.807) is 25.1 Å². The fourth-order valence-corrected chi connectivity index (χ4v) is 4.39. The largest absolute Gasteiger partial charge is 0.461 e. The molecule has 2 aliphatic rings. The lowest BCUT2D eigenvalue weighted by atomic mass is 9.93. The van der Waals surface area contributed by atoms with E-state index in [4.69, 9.17) is 17.4 Å². The first kappa shape index (κ1) is 22.7. The molecule has 1 aromatic heterocycles. The highest BCUT2D eigenvalue weighted by Crippen LogP contribution is 2.39. The number of Topliss-reactive ketones (excluding diaryl/α,β-unsaturated/α-hetero) is 1. The Morgan fingerprint density at radius 2 is 2.09 bits per heavy atom. The number of hydrogen-bond acceptors (Lipinski definition) is 7. The maximum atomic E-state index is 14.7. The number of rotatable bonds is 8. The van der Waals surface area contributed by atoms with Crippen molar-refractivity contribution in [3.05, 3.63) is 59.2 Å². The molecule has 1 aromatic carbocycles. The molecule has 7 nitrogen and oxygen atoms in total. The molecule has 1 aliphatic heterocycles. The summed E-state index contributed by atoms with van der Waals surface area (Å²) in [6.45, 7) is 3.49. The first-order valence-corrected chi connectivity index (χ1v) is 11.5. The molecule has 0 bridgehead atoms. The van der Waals surface area contributed by atoms with Crippen molar-refractivity contribution in [2.75, 3.05) is 19.7 Å². The van der Waals surface area contributed by atoms with E-state index in [9.17, 15) is 14.0 Å². The molecule has 0 radical (unpaired) electrons. The van der Waals surface area contributed by atoms with Gasteiger partial charge in [-0.2, -0.15) is 12.6 Å². The van der Waals surface area contributed by atoms with Gasteiger partial charge in [0.25, 0.3) is 0 Å². The molecule has 2 atom stereocenters. The normalized spacial score (nSPS) is 21.5. The maximum absolute atomic E-state index is 14.7. The quantitative estimate of drug-likeness (QED) is 0.372. The zero-order chi connectivity index (χ0) is 22.7. The number of piperidine rings is 1. The third kappa shape index (κ3) is 4.94. The fourth-order valence-electron chi connectivity index (χ4n) is 4.09. The molecule has 0 N–H and O–H groups in total. The van der Waals surface area contributed by atoms with Gasteiger partial charge in [-0.05, 0) is 37.8 Å². The summed E-state index contributed by atoms with van der Waals surface area (Å²) in [7, 11) is 0. The van der Waals surface area contributed by atoms with Gasteiger partial charge in [0.1, 0.15) is 5.82 Å². The van der Waals surface area contributed by atoms with E-state index < -0.39 is 12.0 Å². The molecule has 9 heteroatoms. The Labute approximate surface area is 192 Å². The van der Waals surface area contributed by atoms with Gasteiger partial charge in [-0.1, -0.05) is 29.5 Å². The van der Waals surface area contributed by atoms with Crippen LogP contribution in [-0.2, 0) is 16.1 Å². The summed E-state index contributed by atoms with van der Waals surface area (Å²) < 4.78 is 21.2. The Balaban J connectivity index is 1.55. The van der Waals surface area contributed by atoms with Gasteiger partial charge in [0.05, 0.1) is 25.4 Å². The minimum Gasteiger partial charge on any atom is -0.461 e. The Bertz CT molecular complexity index is 1020. The zero-order valence-corrected chi connectivity index (χ0v) is 18.9. The second kappa shape index (κ2) is 9.95. The maximum Gasteiger partial charge on any atom is 0.358 e. The number of ketones is 1. The van der Waals surface area contributed by atoms with Crippen molar-refractivity contribution in [2.24, 2.45) is 5.92 Å². The van der Waals surface area contributed by atoms with E-state index in [2.05, 4.69) is 10.3 Å². The van der Waals surface area contributed by atoms with Crippen molar-refractivity contribution in [1.82, 2.24) is 19.9 Å². The molecule has 1 saturated carbocycles. The molecule has 2 unspecified atom stereocenters. The van der Waals surface area contributed by atoms with Gasteiger partial charge in [-0.25, -0.2) is 13.9 Å². The molecule has 0 spiro atoms. The molecule has 0 amide bonds. The Morgan fingerprint density at radius 1 is 1.31 bits per heavy atom. The lowest BCUT2D eigenvalue weighted by Crippen LogP contribution is -2.42. The summed E-state index contributed by atoms with van der Waals surface area (Å²) in [6.07, 6.45) is 5.82. The van der Waals surface area contributed by atoms with Gasteiger partial charge >= 0.3 is 5.97 Å². The highest BCUT2D eigenvalue weighted by molar-refractivity contribution is 7.81. The highest BCUT2D eigenvalue weighted by atomic mass is 32.1. The fraction of sp³-hybridized carbons (Fsp3) is 0.478. The van der Waals surface area contributed by atoms with Crippen LogP contribution in [-0.4, -0.2) is 56.6 Å². The van der Waals surface area contributed by atoms with E-state index in [-0.39, 0.29) is 35.1 Å². The third-order valence-corrected chi connectivity index (χ3v) is 6.54. The lowest BCUT2D eigenvalue weighted by molar-refractivity contribution is -0.126. The number of halogens is 1. The van der Waals surface area contributed by atoms with Crippen molar-refractivity contribution in [3.63, 3.8) is 0 Å². The summed E-state index contributed by atoms with van der Waals surface area (Å²) in [5, 5.41) is 7.81. The van der Waals surface area contributed by atoms with Crippen molar-refractivity contribution in [3.8, 4) is 0 Å². The number of likely N-dealkylation sites (tertiary alicyclic amines) is 1. The average molecular weight is 459 g/mol. The molecule has 170 valence electrons. The number of aromatic nitrogens is 3. The summed E-state index contributed by atoms with van der Waals surface area (Å²) in [5.41, 5.74) is 1.72. The third-order valence-electron chi connectivity index (χ3n) is 5.95. The topological polar surface area (TPSA) is 77.3 Å². The minimum absolute atomic E-state index is 0.0121. The molecule has 2 aromatic rings. The van der Waals surface area contributed by atoms with Gasteiger partial charge in [-0.3, -0.25) is 9.69 Å². The second-order valence-electron chi connectivity index (χ2n) is 8.18. The van der Waals surface area contributed by atoms with Crippen LogP contribution in [0.3, 0.4) is 0 Å². The number of esters is 1. The monoisotopic (exact) mass is 458 g/mol. The Morgan fingerprint density at radius 3 is 2.81 bits per heavy atom. The first-order chi connectivity index (χ1) is 15.5. The van der Waals surface area contributed by atoms with Crippen molar-refractivity contribution >= 4 is 24.4 Å². The Kier molecular flexibility index (Phi) is 7.05. The highest BCUT2D eigenvalue weighted by Gasteiger charge is 2.40. The van der Waals surface area contributed by atoms with Gasteiger partial charge in [0.2, 0.25) is 0 Å². The number of carbonyl (C=O) groups excluding carboxylic acids is 2. The number of ether oxygens (including phenoxy) is 1. The van der Waals surface area contributed by atoms with Crippen LogP contribution in [0.25, 0.3) is 0 Å². The summed E-state index contributed by atoms with van der Waals surface area (Å²) in [4.78, 5) is 27.3. The van der Waals surface area contributed by atoms with Crippen LogP contribution in [0.15, 0.2) is 42.1 Å². The standard InChI is InChI=1S/C23H27FN4O3S/c1-2-31-23(30)19-13-25-26-28(19)12-9-16-14-27(11-10-20(16)32)21(22(29)15-7-8-15)17-5-3-4-6-18(17)24/h3-6,9,13,15,20-21,32H,2,7-8,10-12,14H2,1H3. The zero-order valence-electron chi connectivity index (χ0n) is 18.0. The van der Waals surface area contributed by atoms with Gasteiger partial charge in [0, 0.05) is 29.8 Å². The first-order valence-electron chi connectivity index (χ1n) is 10.9. The molecule has 1 aliphatic carbocycles. The minimum atomic E-state index is -0.602. The number of allylic oxidation sites excluding steroid dienone is 1. The molecule has 2 heterocycles. The van der Waals surface area contributed by atoms with Gasteiger partial charge in [0.15, 0.2) is 11.5 Å². The predicted molar refractivity (Wildman–Crippen MR) is 120 cm³/mol. The number of carbonyl (C=O) groups is 2. The van der Waals surface area contributed by atoms with E-state index in [0.717, 1.165) is 24.8 Å². The molecule has 1 saturated heterocycles. The van der Waals surface area contributed by atoms with Crippen LogP contribution in [0, 0.1) is 11.7 Å². The smallest absolute Gasteiger partial charge is 0.358 e. The van der Waals surface area contributed by atoms with Crippen LogP contribution in [0.4, 0.5) is 4.39 Å². The van der Waals surface area contributed by atoms with Crippen LogP contribution in [0.1, 0.15) is 48.3 Å². The molecule has 2 fully saturated rings. The summed E-state index contributed by atoms with van der Waals surface area (Å²) in [5.74, 6) is -0.721. The molecular formula is C23H27FN4O3S. The Hall–Kier alpha value is -2.52. The van der Waals surface area contributed by atoms with Crippen LogP contribution >= 0.6 is 12.6 Å². The number of hydrogen-bond donors (Lipinski definition) is 1. The molecule has 4 rings (SSSR count). The summed E-state index contributed by atoms with van der Waals surface area (Å²) in [6, 6.07) is 5.93. The van der Waals surface area contributed by atoms with Crippen molar-refractivity contribution < 1.29 is 18.7 Å². The van der Waals surface area contributed by atoms with Crippen molar-refractivity contribution in [2.45, 2.75) is 44.0 Å². The van der Waals surface area contributed by atoms with Gasteiger partial charge in [-0.15, -0.1) is 5.10 Å². The van der Waals surface area contributed by atoms with E-state index in [1.165, 1.54) is 16.9 Å². The van der Waals surface area contributed by atoms with Crippen molar-refractivity contribution in [1.29, 1.82) is 0 Å². The molecule has 32 heavy (non-hydrogen) atoms. The molecular weight excluding hydrogens is 431 g/mol. The van der Waals surface area contributed by atoms with E-state index >= 15 is 0 Å². The average Bonchev–Trinajstić information content (AvgIpc) is 3.53. The SMILES string of the molecule is CCOC(=O)c1cnnn1CC=C1CN(C(C(=O)C2CC2)c2ccccc2F)CCC1S. The number of thiol groups is 1. The number of benzene rings is 1. The van der Waals surface area contributed by atoms with E-state index in [1.807, 2.05) is 11.0 Å². The van der Waals surface area contributed by atoms with Gasteiger partial charge < -0.3 is 4.74 Å². The lowest BCUT2D eigenvalue weighted by Gasteiger charge is -2.37. The number of nitrogens with zero attached hydrogens (tertiary/aromatic N) is 4. The summed E-state index contributed by atoms with van der Waals surface area (Å²) >= 11 is 4.72. The predicted octanol–water partition coefficient (Wildman–Crippen LogP) is 3.24. The van der Waals surface area contributed by atoms with E-state index in [0.29, 0.717) is 25.2 Å².